The van der Waals surface area contributed by atoms with Crippen molar-refractivity contribution in [3.05, 3.63) is 90.6 Å². The summed E-state index contributed by atoms with van der Waals surface area (Å²) in [5.41, 5.74) is 4.18. The number of hydrazine groups is 1. The SMILES string of the molecule is C=CCOC(=O)/C=C/C=C(\C)[C@@H]1C/C=C/C=C/CC(C)[C@@H](O)C(CCC(C)=O)C(=O)NC(C(C)C)C(=O)NC(Cc2cccc(O)c2)C(=O)N2CCCC(N2)C(=O)O1. The number of Topliss-reactive ketones (excluding diaryl/α,β-unsaturated/α-hetero) is 1. The van der Waals surface area contributed by atoms with Crippen molar-refractivity contribution in [2.45, 2.75) is 110 Å². The molecular formula is C44H60N4O10. The second-order valence-corrected chi connectivity index (χ2v) is 15.2. The predicted octanol–water partition coefficient (Wildman–Crippen LogP) is 4.09. The number of aromatic hydroxyl groups is 1. The second-order valence-electron chi connectivity index (χ2n) is 15.2. The minimum atomic E-state index is -1.19. The Morgan fingerprint density at radius 2 is 1.79 bits per heavy atom. The molecule has 1 aromatic rings. The number of fused-ring (bicyclic) bond motifs is 2. The number of aliphatic hydroxyl groups excluding tert-OH is 1. The first-order chi connectivity index (χ1) is 27.6. The van der Waals surface area contributed by atoms with Crippen molar-refractivity contribution < 1.29 is 48.5 Å². The molecule has 5 unspecified atom stereocenters. The lowest BCUT2D eigenvalue weighted by atomic mass is 9.85. The molecule has 0 aliphatic carbocycles. The summed E-state index contributed by atoms with van der Waals surface area (Å²) < 4.78 is 11.0. The third kappa shape index (κ3) is 15.2. The first kappa shape index (κ1) is 47.0. The van der Waals surface area contributed by atoms with Crippen LogP contribution in [0.15, 0.2) is 85.0 Å². The van der Waals surface area contributed by atoms with E-state index in [0.29, 0.717) is 30.4 Å². The highest BCUT2D eigenvalue weighted by molar-refractivity contribution is 5.93. The van der Waals surface area contributed by atoms with Crippen molar-refractivity contribution in [2.24, 2.45) is 17.8 Å². The summed E-state index contributed by atoms with van der Waals surface area (Å²) in [7, 11) is 0. The highest BCUT2D eigenvalue weighted by atomic mass is 16.5. The summed E-state index contributed by atoms with van der Waals surface area (Å²) in [5, 5.41) is 28.5. The van der Waals surface area contributed by atoms with Gasteiger partial charge in [-0.3, -0.25) is 24.2 Å². The Morgan fingerprint density at radius 3 is 2.47 bits per heavy atom. The third-order valence-corrected chi connectivity index (χ3v) is 10.0. The molecule has 1 fully saturated rings. The summed E-state index contributed by atoms with van der Waals surface area (Å²) >= 11 is 0. The molecule has 2 heterocycles. The van der Waals surface area contributed by atoms with Crippen molar-refractivity contribution in [1.82, 2.24) is 21.1 Å². The molecule has 0 saturated carbocycles. The monoisotopic (exact) mass is 804 g/mol. The van der Waals surface area contributed by atoms with E-state index >= 15 is 0 Å². The van der Waals surface area contributed by atoms with Gasteiger partial charge < -0.3 is 35.1 Å². The molecule has 2 aliphatic heterocycles. The van der Waals surface area contributed by atoms with Gasteiger partial charge in [-0.25, -0.2) is 10.2 Å². The Labute approximate surface area is 341 Å². The van der Waals surface area contributed by atoms with Crippen LogP contribution < -0.4 is 16.1 Å². The number of carbonyl (C=O) groups is 6. The Bertz CT molecular complexity index is 1730. The standard InChI is InChI=1S/C44H60N4O10/c1-7-25-57-38(51)21-12-16-29(4)37-20-11-9-8-10-15-30(5)40(52)34(23-22-31(6)49)41(53)46-39(28(2)3)42(54)45-36(27-32-17-13-18-33(50)26-32)43(55)48-24-14-19-35(47-48)44(56)58-37/h7-13,16-18,21,26,28,30,34-37,39-40,47,50,52H,1,14-15,19-20,22-25,27H2,2-6H3,(H,45,54)(H,46,53)/b10-8+,11-9+,21-12+,29-16+/t30?,34?,35?,36?,37-,39?,40+/m0/s1. The number of ether oxygens (including phenoxy) is 2. The number of nitrogens with zero attached hydrogens (tertiary/aromatic N) is 1. The normalized spacial score (nSPS) is 27.1. The molecule has 1 saturated heterocycles. The molecule has 0 radical (unpaired) electrons. The van der Waals surface area contributed by atoms with Gasteiger partial charge in [0.1, 0.15) is 42.4 Å². The molecular weight excluding hydrogens is 745 g/mol. The van der Waals surface area contributed by atoms with E-state index in [1.54, 1.807) is 58.1 Å². The number of cyclic esters (lactones) is 1. The van der Waals surface area contributed by atoms with Crippen molar-refractivity contribution in [3.63, 3.8) is 0 Å². The molecule has 2 aliphatic rings. The molecule has 0 spiro atoms. The van der Waals surface area contributed by atoms with E-state index in [1.165, 1.54) is 42.3 Å². The van der Waals surface area contributed by atoms with Gasteiger partial charge in [-0.05, 0) is 74.6 Å². The van der Waals surface area contributed by atoms with Crippen LogP contribution in [0.1, 0.15) is 78.7 Å². The van der Waals surface area contributed by atoms with Crippen LogP contribution in [0, 0.1) is 17.8 Å². The van der Waals surface area contributed by atoms with E-state index in [1.807, 2.05) is 12.2 Å². The topological polar surface area (TPSA) is 201 Å². The number of amides is 3. The zero-order valence-corrected chi connectivity index (χ0v) is 34.2. The summed E-state index contributed by atoms with van der Waals surface area (Å²) in [5.74, 6) is -4.98. The average Bonchev–Trinajstić information content (AvgIpc) is 3.18. The molecule has 3 amide bonds. The number of rotatable bonds is 11. The zero-order valence-electron chi connectivity index (χ0n) is 34.2. The van der Waals surface area contributed by atoms with Crippen molar-refractivity contribution in [3.8, 4) is 5.75 Å². The van der Waals surface area contributed by atoms with E-state index < -0.39 is 77.7 Å². The van der Waals surface area contributed by atoms with Crippen LogP contribution in [0.5, 0.6) is 5.75 Å². The second kappa shape index (κ2) is 23.8. The van der Waals surface area contributed by atoms with Crippen molar-refractivity contribution in [2.75, 3.05) is 13.2 Å². The molecule has 1 aromatic carbocycles. The van der Waals surface area contributed by atoms with E-state index in [-0.39, 0.29) is 50.4 Å². The maximum Gasteiger partial charge on any atom is 0.331 e. The number of aliphatic hydroxyl groups is 1. The Hall–Kier alpha value is -5.34. The fourth-order valence-electron chi connectivity index (χ4n) is 6.61. The highest BCUT2D eigenvalue weighted by Gasteiger charge is 2.37. The van der Waals surface area contributed by atoms with Gasteiger partial charge in [-0.1, -0.05) is 82.0 Å². The van der Waals surface area contributed by atoms with Gasteiger partial charge in [-0.15, -0.1) is 0 Å². The third-order valence-electron chi connectivity index (χ3n) is 10.0. The Balaban J connectivity index is 2.04. The van der Waals surface area contributed by atoms with E-state index in [2.05, 4.69) is 22.6 Å². The Morgan fingerprint density at radius 1 is 1.07 bits per heavy atom. The van der Waals surface area contributed by atoms with Crippen LogP contribution in [0.25, 0.3) is 0 Å². The number of nitrogens with one attached hydrogen (secondary N) is 3. The lowest BCUT2D eigenvalue weighted by Gasteiger charge is -2.36. The number of hydrogen-bond acceptors (Lipinski definition) is 11. The molecule has 5 N–H and O–H groups in total. The van der Waals surface area contributed by atoms with Gasteiger partial charge in [0.05, 0.1) is 12.0 Å². The van der Waals surface area contributed by atoms with Gasteiger partial charge >= 0.3 is 11.9 Å². The van der Waals surface area contributed by atoms with Gasteiger partial charge in [0, 0.05) is 31.9 Å². The summed E-state index contributed by atoms with van der Waals surface area (Å²) in [4.78, 5) is 79.9. The number of ketones is 1. The first-order valence-corrected chi connectivity index (χ1v) is 19.9. The van der Waals surface area contributed by atoms with Crippen LogP contribution in [0.4, 0.5) is 0 Å². The van der Waals surface area contributed by atoms with Gasteiger partial charge in [0.15, 0.2) is 0 Å². The maximum absolute atomic E-state index is 14.3. The number of allylic oxidation sites excluding steroid dienone is 5. The molecule has 58 heavy (non-hydrogen) atoms. The minimum Gasteiger partial charge on any atom is -0.508 e. The quantitative estimate of drug-likeness (QED) is 0.0935. The summed E-state index contributed by atoms with van der Waals surface area (Å²) in [6, 6.07) is 3.07. The molecule has 3 rings (SSSR count). The average molecular weight is 805 g/mol. The number of benzene rings is 1. The molecule has 0 aromatic heterocycles. The number of esters is 2. The van der Waals surface area contributed by atoms with Crippen LogP contribution in [0.2, 0.25) is 0 Å². The number of hydrogen-bond donors (Lipinski definition) is 5. The molecule has 14 heteroatoms. The van der Waals surface area contributed by atoms with Crippen LogP contribution in [0.3, 0.4) is 0 Å². The highest BCUT2D eigenvalue weighted by Crippen LogP contribution is 2.24. The lowest BCUT2D eigenvalue weighted by Crippen LogP contribution is -2.62. The predicted molar refractivity (Wildman–Crippen MR) is 218 cm³/mol. The summed E-state index contributed by atoms with van der Waals surface area (Å²) in [6.07, 6.45) is 12.7. The maximum atomic E-state index is 14.3. The smallest absolute Gasteiger partial charge is 0.331 e. The van der Waals surface area contributed by atoms with Crippen LogP contribution >= 0.6 is 0 Å². The molecule has 7 atom stereocenters. The fraction of sp³-hybridized carbons (Fsp3) is 0.500. The fourth-order valence-corrected chi connectivity index (χ4v) is 6.61. The molecule has 316 valence electrons. The first-order valence-electron chi connectivity index (χ1n) is 19.9. The van der Waals surface area contributed by atoms with Crippen LogP contribution in [-0.4, -0.2) is 94.2 Å². The van der Waals surface area contributed by atoms with Gasteiger partial charge in [0.25, 0.3) is 5.91 Å². The van der Waals surface area contributed by atoms with Crippen LogP contribution in [-0.2, 0) is 44.7 Å². The van der Waals surface area contributed by atoms with Gasteiger partial charge in [0.2, 0.25) is 11.8 Å². The molecule has 14 nitrogen and oxygen atoms in total. The van der Waals surface area contributed by atoms with Crippen molar-refractivity contribution >= 4 is 35.4 Å². The largest absolute Gasteiger partial charge is 0.508 e. The molecule has 2 bridgehead atoms. The number of phenols is 1. The lowest BCUT2D eigenvalue weighted by molar-refractivity contribution is -0.156. The van der Waals surface area contributed by atoms with Crippen molar-refractivity contribution in [1.29, 1.82) is 0 Å². The zero-order chi connectivity index (χ0) is 42.8. The van der Waals surface area contributed by atoms with E-state index in [9.17, 15) is 39.0 Å². The van der Waals surface area contributed by atoms with E-state index in [0.717, 1.165) is 0 Å². The Kier molecular flexibility index (Phi) is 19.3. The van der Waals surface area contributed by atoms with E-state index in [4.69, 9.17) is 9.47 Å². The minimum absolute atomic E-state index is 0.0247. The summed E-state index contributed by atoms with van der Waals surface area (Å²) in [6.45, 7) is 12.2. The number of carbonyl (C=O) groups excluding carboxylic acids is 6. The number of phenolic OH excluding ortho intramolecular Hbond substituents is 1. The van der Waals surface area contributed by atoms with Gasteiger partial charge in [-0.2, -0.15) is 0 Å².